The zero-order chi connectivity index (χ0) is 57.1. The average Bonchev–Trinajstić information content (AvgIpc) is 4.57. The highest BCUT2D eigenvalue weighted by Crippen LogP contribution is 2.46. The number of halogens is 3. The Hall–Kier alpha value is -6.49. The van der Waals surface area contributed by atoms with Gasteiger partial charge in [0.15, 0.2) is 5.78 Å². The molecule has 16 nitrogen and oxygen atoms in total. The number of anilines is 5. The van der Waals surface area contributed by atoms with Gasteiger partial charge in [0.2, 0.25) is 10.9 Å². The molecule has 3 saturated heterocycles. The van der Waals surface area contributed by atoms with Gasteiger partial charge in [0.1, 0.15) is 42.9 Å². The second-order valence-electron chi connectivity index (χ2n) is 22.1. The number of nitrogens with zero attached hydrogens (tertiary/aromatic N) is 7. The molecule has 8 aromatic rings. The molecule has 8 heterocycles. The Morgan fingerprint density at radius 2 is 1.06 bits per heavy atom. The molecule has 3 saturated carbocycles. The van der Waals surface area contributed by atoms with Gasteiger partial charge in [0.05, 0.1) is 39.3 Å². The number of hydrogen-bond donors (Lipinski definition) is 3. The van der Waals surface area contributed by atoms with Gasteiger partial charge < -0.3 is 33.6 Å². The molecule has 0 spiro atoms. The molecule has 5 aromatic heterocycles. The van der Waals surface area contributed by atoms with E-state index in [1.807, 2.05) is 30.9 Å². The molecule has 430 valence electrons. The summed E-state index contributed by atoms with van der Waals surface area (Å²) in [6.07, 6.45) is 12.5. The van der Waals surface area contributed by atoms with E-state index in [0.29, 0.717) is 66.4 Å². The van der Waals surface area contributed by atoms with Crippen LogP contribution in [0.15, 0.2) is 60.4 Å². The van der Waals surface area contributed by atoms with Crippen molar-refractivity contribution in [3.05, 3.63) is 116 Å². The van der Waals surface area contributed by atoms with E-state index in [-0.39, 0.29) is 73.6 Å². The van der Waals surface area contributed by atoms with Crippen LogP contribution < -0.4 is 47.1 Å². The van der Waals surface area contributed by atoms with Crippen molar-refractivity contribution >= 4 is 110 Å². The minimum atomic E-state index is -0.380. The first-order valence-electron chi connectivity index (χ1n) is 28.7. The Morgan fingerprint density at radius 1 is 0.593 bits per heavy atom. The summed E-state index contributed by atoms with van der Waals surface area (Å²) in [5.74, 6) is -1.29. The highest BCUT2D eigenvalue weighted by Gasteiger charge is 2.37. The summed E-state index contributed by atoms with van der Waals surface area (Å²) in [7, 11) is 2.10. The number of hydrogen-bond acceptors (Lipinski definition) is 14. The fourth-order valence-corrected chi connectivity index (χ4v) is 14.7. The van der Waals surface area contributed by atoms with E-state index < -0.39 is 0 Å². The maximum atomic E-state index is 15.1. The normalized spacial score (nSPS) is 18.1. The Balaban J connectivity index is 0.000000127. The summed E-state index contributed by atoms with van der Waals surface area (Å²) >= 11 is 3.68. The number of pyridine rings is 2. The Bertz CT molecular complexity index is 4020. The van der Waals surface area contributed by atoms with Crippen LogP contribution in [0.4, 0.5) is 40.9 Å². The van der Waals surface area contributed by atoms with Crippen LogP contribution in [0.1, 0.15) is 133 Å². The van der Waals surface area contributed by atoms with E-state index in [9.17, 15) is 37.5 Å². The molecular weight excluding hydrogens is 1100 g/mol. The van der Waals surface area contributed by atoms with E-state index in [1.165, 1.54) is 66.1 Å². The van der Waals surface area contributed by atoms with E-state index in [2.05, 4.69) is 55.8 Å². The second kappa shape index (κ2) is 23.0. The van der Waals surface area contributed by atoms with Crippen molar-refractivity contribution in [2.45, 2.75) is 136 Å². The number of aromatic nitrogens is 5. The molecule has 3 aliphatic heterocycles. The second-order valence-corrected chi connectivity index (χ2v) is 24.5. The number of aromatic amines is 3. The van der Waals surface area contributed by atoms with Crippen LogP contribution in [-0.4, -0.2) is 97.9 Å². The third kappa shape index (κ3) is 10.7. The molecule has 14 rings (SSSR count). The number of nitrogens with one attached hydrogen (secondary N) is 3. The predicted molar refractivity (Wildman–Crippen MR) is 324 cm³/mol. The zero-order valence-corrected chi connectivity index (χ0v) is 49.1. The van der Waals surface area contributed by atoms with E-state index in [1.54, 1.807) is 13.0 Å². The number of H-pyrrole nitrogens is 3. The molecule has 6 aliphatic rings. The van der Waals surface area contributed by atoms with Gasteiger partial charge in [-0.05, 0) is 175 Å². The smallest absolute Gasteiger partial charge is 0.271 e. The van der Waals surface area contributed by atoms with Gasteiger partial charge in [-0.3, -0.25) is 41.9 Å². The van der Waals surface area contributed by atoms with Crippen LogP contribution in [-0.2, 0) is 0 Å². The van der Waals surface area contributed by atoms with Crippen molar-refractivity contribution < 1.29 is 18.0 Å². The summed E-state index contributed by atoms with van der Waals surface area (Å²) in [5.41, 5.74) is 3.27. The summed E-state index contributed by atoms with van der Waals surface area (Å²) < 4.78 is 56.8. The van der Waals surface area contributed by atoms with Crippen LogP contribution in [0, 0.1) is 24.4 Å². The van der Waals surface area contributed by atoms with Gasteiger partial charge in [-0.1, -0.05) is 20.8 Å². The number of rotatable bonds is 11. The molecular formula is C59H69F3N10O6S3. The van der Waals surface area contributed by atoms with Crippen molar-refractivity contribution in [3.63, 3.8) is 0 Å². The molecule has 0 amide bonds. The predicted octanol–water partition coefficient (Wildman–Crippen LogP) is 11.3. The van der Waals surface area contributed by atoms with Crippen molar-refractivity contribution in [1.82, 2.24) is 27.2 Å². The lowest BCUT2D eigenvalue weighted by Crippen LogP contribution is -2.34. The minimum absolute atomic E-state index is 0.114. The molecule has 22 heteroatoms. The SMILES string of the molecule is CC.CCN(C)C1CCN(c2cc(N(c3s[nH]c(=O)c3C)C3CC3)c(C(C)=O)cc2F)C1.O=c1[nH]sc2c1c(=O)c1cc(F)c(N3CCCC3)cc1n2C1CC1.O=c1[nH]sc2c1c(=O)c1cc(F)c(N3CCCCC3)cc1n2C1CC1. The number of fused-ring (bicyclic) bond motifs is 4. The number of Topliss-reactive ketones (excluding diaryl/α,β-unsaturated/α-hetero) is 1. The molecule has 3 aliphatic carbocycles. The van der Waals surface area contributed by atoms with Gasteiger partial charge in [-0.15, -0.1) is 0 Å². The van der Waals surface area contributed by atoms with Crippen LogP contribution in [0.5, 0.6) is 0 Å². The maximum Gasteiger partial charge on any atom is 0.271 e. The lowest BCUT2D eigenvalue weighted by Gasteiger charge is -2.29. The monoisotopic (exact) mass is 1170 g/mol. The van der Waals surface area contributed by atoms with Crippen LogP contribution in [0.25, 0.3) is 42.2 Å². The minimum Gasteiger partial charge on any atom is -0.369 e. The van der Waals surface area contributed by atoms with Gasteiger partial charge in [-0.25, -0.2) is 13.2 Å². The lowest BCUT2D eigenvalue weighted by molar-refractivity contribution is 0.101. The largest absolute Gasteiger partial charge is 0.369 e. The fraction of sp³-hybridized carbons (Fsp3) is 0.492. The van der Waals surface area contributed by atoms with Crippen molar-refractivity contribution in [3.8, 4) is 0 Å². The van der Waals surface area contributed by atoms with E-state index >= 15 is 4.39 Å². The van der Waals surface area contributed by atoms with E-state index in [4.69, 9.17) is 0 Å². The molecule has 81 heavy (non-hydrogen) atoms. The molecule has 1 atom stereocenters. The van der Waals surface area contributed by atoms with Crippen molar-refractivity contribution in [2.75, 3.05) is 72.5 Å². The Morgan fingerprint density at radius 3 is 1.51 bits per heavy atom. The lowest BCUT2D eigenvalue weighted by atomic mass is 10.1. The first-order chi connectivity index (χ1) is 39.1. The molecule has 0 radical (unpaired) electrons. The van der Waals surface area contributed by atoms with Crippen LogP contribution >= 0.6 is 34.6 Å². The molecule has 1 unspecified atom stereocenters. The highest BCUT2D eigenvalue weighted by molar-refractivity contribution is 7.13. The number of carbonyl (C=O) groups is 1. The fourth-order valence-electron chi connectivity index (χ4n) is 11.9. The van der Waals surface area contributed by atoms with Gasteiger partial charge in [-0.2, -0.15) is 0 Å². The summed E-state index contributed by atoms with van der Waals surface area (Å²) in [6, 6.07) is 10.7. The molecule has 6 fully saturated rings. The van der Waals surface area contributed by atoms with Crippen molar-refractivity contribution in [1.29, 1.82) is 0 Å². The van der Waals surface area contributed by atoms with Crippen LogP contribution in [0.3, 0.4) is 0 Å². The highest BCUT2D eigenvalue weighted by atomic mass is 32.1. The van der Waals surface area contributed by atoms with Gasteiger partial charge >= 0.3 is 0 Å². The molecule has 3 aromatic carbocycles. The number of likely N-dealkylation sites (N-methyl/N-ethyl adjacent to an activating group) is 1. The van der Waals surface area contributed by atoms with Gasteiger partial charge in [0, 0.05) is 79.8 Å². The molecule has 3 N–H and O–H groups in total. The third-order valence-electron chi connectivity index (χ3n) is 16.7. The number of piperidine rings is 1. The Kier molecular flexibility index (Phi) is 16.0. The summed E-state index contributed by atoms with van der Waals surface area (Å²) in [5, 5.41) is 1.75. The first kappa shape index (κ1) is 56.4. The van der Waals surface area contributed by atoms with E-state index in [0.717, 1.165) is 132 Å². The summed E-state index contributed by atoms with van der Waals surface area (Å²) in [6.45, 7) is 15.3. The average molecular weight is 1170 g/mol. The first-order valence-corrected chi connectivity index (χ1v) is 31.1. The topological polar surface area (TPSA) is 176 Å². The standard InChI is InChI=1S/C22H29FN4O2S.C18H18FN3O2S.C17H16FN3O2S.C2H6/c1-5-25(4)16-8-9-26(12-16)20-11-19(17(14(3)28)10-18(20)23)27(15-6-7-15)22-13(2)21(29)24-30-22;19-12-8-11-13(9-14(12)21-6-2-1-3-7-21)22(10-4-5-10)18-15(16(11)23)17(24)20-25-18;18-11-7-10-12(8-13(11)20-5-1-2-6-20)21(9-3-4-9)17-14(15(10)22)16(23)19-24-17;1-2/h10-11,15-16H,5-9,12H2,1-4H3,(H,24,29);8-10H,1-7H2,(H,20,24);7-9H,1-6H2,(H,19,23);1-2H3. The summed E-state index contributed by atoms with van der Waals surface area (Å²) in [4.78, 5) is 86.1. The van der Waals surface area contributed by atoms with Gasteiger partial charge in [0.25, 0.3) is 16.7 Å². The number of ketones is 1. The molecule has 0 bridgehead atoms. The Labute approximate surface area is 477 Å². The number of benzene rings is 3. The van der Waals surface area contributed by atoms with Crippen molar-refractivity contribution in [2.24, 2.45) is 0 Å². The third-order valence-corrected chi connectivity index (χ3v) is 19.5. The van der Waals surface area contributed by atoms with Crippen LogP contribution in [0.2, 0.25) is 0 Å². The quantitative estimate of drug-likeness (QED) is 0.105. The number of carbonyl (C=O) groups excluding carboxylic acids is 1. The zero-order valence-electron chi connectivity index (χ0n) is 46.6. The maximum absolute atomic E-state index is 15.1.